The topological polar surface area (TPSA) is 58.4 Å². The molecule has 0 aliphatic carbocycles. The van der Waals surface area contributed by atoms with Gasteiger partial charge in [0, 0.05) is 31.6 Å². The second-order valence-electron chi connectivity index (χ2n) is 5.55. The van der Waals surface area contributed by atoms with E-state index >= 15 is 0 Å². The fourth-order valence-electron chi connectivity index (χ4n) is 2.34. The summed E-state index contributed by atoms with van der Waals surface area (Å²) < 4.78 is 0. The molecule has 0 aromatic heterocycles. The highest BCUT2D eigenvalue weighted by Gasteiger charge is 2.19. The smallest absolute Gasteiger partial charge is 0.220 e. The number of nitrogens with one attached hydrogen (secondary N) is 1. The molecule has 0 saturated carbocycles. The molecule has 1 saturated heterocycles. The Labute approximate surface area is 136 Å². The molecule has 4 nitrogen and oxygen atoms in total. The lowest BCUT2D eigenvalue weighted by Gasteiger charge is -2.32. The van der Waals surface area contributed by atoms with Gasteiger partial charge in [0.05, 0.1) is 0 Å². The highest BCUT2D eigenvalue weighted by atomic mass is 35.5. The number of carbonyl (C=O) groups excluding carboxylic acids is 1. The Morgan fingerprint density at radius 3 is 2.45 bits per heavy atom. The molecule has 0 bridgehead atoms. The molecule has 1 rings (SSSR count). The van der Waals surface area contributed by atoms with Crippen LogP contribution in [0.4, 0.5) is 0 Å². The van der Waals surface area contributed by atoms with Gasteiger partial charge in [0.25, 0.3) is 0 Å². The normalized spacial score (nSPS) is 17.8. The molecule has 1 heterocycles. The first kappa shape index (κ1) is 22.3. The number of halogens is 2. The van der Waals surface area contributed by atoms with E-state index in [9.17, 15) is 4.79 Å². The lowest BCUT2D eigenvalue weighted by Crippen LogP contribution is -2.45. The molecule has 1 unspecified atom stereocenters. The summed E-state index contributed by atoms with van der Waals surface area (Å²) in [6.07, 6.45) is 6.06. The number of likely N-dealkylation sites (tertiary alicyclic amines) is 1. The zero-order valence-electron chi connectivity index (χ0n) is 12.8. The fourth-order valence-corrected chi connectivity index (χ4v) is 2.34. The van der Waals surface area contributed by atoms with Gasteiger partial charge in [-0.05, 0) is 39.2 Å². The van der Waals surface area contributed by atoms with Crippen LogP contribution < -0.4 is 11.1 Å². The Bertz CT molecular complexity index is 245. The third-order valence-electron chi connectivity index (χ3n) is 3.61. The standard InChI is InChI=1S/C14H29N3O.2ClH/c1-3-4-9-17-10-7-13(8-11-17)16-14(18)6-5-12(2)15;;/h12-13H,3-11,15H2,1-2H3,(H,16,18);2*1H. The van der Waals surface area contributed by atoms with Crippen molar-refractivity contribution < 1.29 is 4.79 Å². The lowest BCUT2D eigenvalue weighted by molar-refractivity contribution is -0.122. The van der Waals surface area contributed by atoms with Gasteiger partial charge in [0.2, 0.25) is 5.91 Å². The van der Waals surface area contributed by atoms with Gasteiger partial charge >= 0.3 is 0 Å². The third kappa shape index (κ3) is 9.81. The second kappa shape index (κ2) is 12.7. The Hall–Kier alpha value is -0.0300. The van der Waals surface area contributed by atoms with E-state index in [0.29, 0.717) is 12.5 Å². The van der Waals surface area contributed by atoms with Crippen LogP contribution >= 0.6 is 24.8 Å². The van der Waals surface area contributed by atoms with Crippen LogP contribution in [0.1, 0.15) is 52.4 Å². The van der Waals surface area contributed by atoms with E-state index in [1.807, 2.05) is 6.92 Å². The van der Waals surface area contributed by atoms with Crippen LogP contribution in [0.5, 0.6) is 0 Å². The van der Waals surface area contributed by atoms with E-state index in [2.05, 4.69) is 17.1 Å². The zero-order chi connectivity index (χ0) is 13.4. The molecule has 1 aliphatic heterocycles. The molecule has 1 fully saturated rings. The number of amides is 1. The minimum Gasteiger partial charge on any atom is -0.353 e. The predicted octanol–water partition coefficient (Wildman–Crippen LogP) is 2.34. The average Bonchev–Trinajstić information content (AvgIpc) is 2.35. The molecule has 1 amide bonds. The van der Waals surface area contributed by atoms with Gasteiger partial charge in [-0.15, -0.1) is 24.8 Å². The van der Waals surface area contributed by atoms with E-state index in [1.54, 1.807) is 0 Å². The lowest BCUT2D eigenvalue weighted by atomic mass is 10.0. The summed E-state index contributed by atoms with van der Waals surface area (Å²) >= 11 is 0. The zero-order valence-corrected chi connectivity index (χ0v) is 14.4. The summed E-state index contributed by atoms with van der Waals surface area (Å²) in [5.74, 6) is 0.166. The molecular formula is C14H31Cl2N3O. The Kier molecular flexibility index (Phi) is 14.1. The molecule has 1 aliphatic rings. The maximum atomic E-state index is 11.7. The van der Waals surface area contributed by atoms with Gasteiger partial charge in [-0.1, -0.05) is 13.3 Å². The van der Waals surface area contributed by atoms with Crippen LogP contribution in [0.15, 0.2) is 0 Å². The number of hydrogen-bond donors (Lipinski definition) is 2. The first-order valence-corrected chi connectivity index (χ1v) is 7.39. The van der Waals surface area contributed by atoms with Crippen molar-refractivity contribution in [3.05, 3.63) is 0 Å². The van der Waals surface area contributed by atoms with E-state index in [-0.39, 0.29) is 36.8 Å². The molecule has 0 aromatic carbocycles. The highest BCUT2D eigenvalue weighted by molar-refractivity contribution is 5.85. The minimum atomic E-state index is 0. The first-order valence-electron chi connectivity index (χ1n) is 7.39. The number of nitrogens with zero attached hydrogens (tertiary/aromatic N) is 1. The third-order valence-corrected chi connectivity index (χ3v) is 3.61. The van der Waals surface area contributed by atoms with Gasteiger partial charge in [0.1, 0.15) is 0 Å². The molecule has 20 heavy (non-hydrogen) atoms. The van der Waals surface area contributed by atoms with Crippen molar-refractivity contribution in [2.45, 2.75) is 64.5 Å². The second-order valence-corrected chi connectivity index (χ2v) is 5.55. The summed E-state index contributed by atoms with van der Waals surface area (Å²) in [4.78, 5) is 14.2. The Morgan fingerprint density at radius 2 is 1.95 bits per heavy atom. The van der Waals surface area contributed by atoms with Crippen LogP contribution in [-0.2, 0) is 4.79 Å². The van der Waals surface area contributed by atoms with Crippen molar-refractivity contribution in [2.75, 3.05) is 19.6 Å². The van der Waals surface area contributed by atoms with E-state index in [1.165, 1.54) is 19.4 Å². The summed E-state index contributed by atoms with van der Waals surface area (Å²) in [5.41, 5.74) is 5.65. The largest absolute Gasteiger partial charge is 0.353 e. The highest BCUT2D eigenvalue weighted by Crippen LogP contribution is 2.11. The molecule has 122 valence electrons. The van der Waals surface area contributed by atoms with Crippen LogP contribution in [0.2, 0.25) is 0 Å². The van der Waals surface area contributed by atoms with Crippen molar-refractivity contribution in [3.63, 3.8) is 0 Å². The summed E-state index contributed by atoms with van der Waals surface area (Å²) in [5, 5.41) is 3.13. The summed E-state index contributed by atoms with van der Waals surface area (Å²) in [7, 11) is 0. The van der Waals surface area contributed by atoms with Gasteiger partial charge in [-0.25, -0.2) is 0 Å². The van der Waals surface area contributed by atoms with Crippen molar-refractivity contribution in [3.8, 4) is 0 Å². The van der Waals surface area contributed by atoms with Gasteiger partial charge in [0.15, 0.2) is 0 Å². The van der Waals surface area contributed by atoms with Gasteiger partial charge in [-0.3, -0.25) is 4.79 Å². The van der Waals surface area contributed by atoms with E-state index in [0.717, 1.165) is 32.4 Å². The van der Waals surface area contributed by atoms with Crippen molar-refractivity contribution in [1.82, 2.24) is 10.2 Å². The van der Waals surface area contributed by atoms with Crippen LogP contribution in [0, 0.1) is 0 Å². The number of hydrogen-bond acceptors (Lipinski definition) is 3. The van der Waals surface area contributed by atoms with Crippen molar-refractivity contribution in [2.24, 2.45) is 5.73 Å². The van der Waals surface area contributed by atoms with Crippen LogP contribution in [0.25, 0.3) is 0 Å². The number of piperidine rings is 1. The quantitative estimate of drug-likeness (QED) is 0.754. The Balaban J connectivity index is 0. The number of rotatable bonds is 7. The van der Waals surface area contributed by atoms with E-state index in [4.69, 9.17) is 5.73 Å². The number of unbranched alkanes of at least 4 members (excludes halogenated alkanes) is 1. The number of carbonyl (C=O) groups is 1. The molecule has 6 heteroatoms. The predicted molar refractivity (Wildman–Crippen MR) is 89.9 cm³/mol. The van der Waals surface area contributed by atoms with Crippen LogP contribution in [-0.4, -0.2) is 42.5 Å². The molecule has 0 radical (unpaired) electrons. The molecule has 3 N–H and O–H groups in total. The number of nitrogens with two attached hydrogens (primary N) is 1. The van der Waals surface area contributed by atoms with Crippen molar-refractivity contribution >= 4 is 30.7 Å². The van der Waals surface area contributed by atoms with E-state index < -0.39 is 0 Å². The maximum absolute atomic E-state index is 11.7. The van der Waals surface area contributed by atoms with Crippen LogP contribution in [0.3, 0.4) is 0 Å². The molecule has 0 aromatic rings. The molecule has 1 atom stereocenters. The molecular weight excluding hydrogens is 297 g/mol. The Morgan fingerprint density at radius 1 is 1.35 bits per heavy atom. The first-order chi connectivity index (χ1) is 8.61. The maximum Gasteiger partial charge on any atom is 0.220 e. The molecule has 0 spiro atoms. The SMILES string of the molecule is CCCCN1CCC(NC(=O)CCC(C)N)CC1.Cl.Cl. The summed E-state index contributed by atoms with van der Waals surface area (Å²) in [6, 6.07) is 0.495. The summed E-state index contributed by atoms with van der Waals surface area (Å²) in [6.45, 7) is 7.63. The van der Waals surface area contributed by atoms with Crippen molar-refractivity contribution in [1.29, 1.82) is 0 Å². The van der Waals surface area contributed by atoms with Gasteiger partial charge in [-0.2, -0.15) is 0 Å². The monoisotopic (exact) mass is 327 g/mol. The fraction of sp³-hybridized carbons (Fsp3) is 0.929. The minimum absolute atomic E-state index is 0. The average molecular weight is 328 g/mol. The van der Waals surface area contributed by atoms with Gasteiger partial charge < -0.3 is 16.0 Å².